The maximum Gasteiger partial charge on any atom is 0.416 e. The van der Waals surface area contributed by atoms with Crippen LogP contribution in [0.2, 0.25) is 0 Å². The number of hydrogen-bond acceptors (Lipinski definition) is 2. The fraction of sp³-hybridized carbons (Fsp3) is 0.273. The van der Waals surface area contributed by atoms with Gasteiger partial charge in [0.05, 0.1) is 16.6 Å². The average molecular weight is 242 g/mol. The van der Waals surface area contributed by atoms with Crippen LogP contribution in [0, 0.1) is 0 Å². The first-order valence-electron chi connectivity index (χ1n) is 5.02. The van der Waals surface area contributed by atoms with E-state index in [1.165, 1.54) is 6.07 Å². The Morgan fingerprint density at radius 2 is 2.00 bits per heavy atom. The smallest absolute Gasteiger partial charge is 0.267 e. The van der Waals surface area contributed by atoms with Crippen molar-refractivity contribution in [1.29, 1.82) is 0 Å². The molecule has 0 aliphatic carbocycles. The number of aromatic nitrogens is 2. The molecule has 1 N–H and O–H groups in total. The topological polar surface area (TPSA) is 45.8 Å². The van der Waals surface area contributed by atoms with Gasteiger partial charge in [-0.05, 0) is 24.6 Å². The fourth-order valence-electron chi connectivity index (χ4n) is 1.67. The minimum Gasteiger partial charge on any atom is -0.267 e. The molecule has 0 bridgehead atoms. The number of aromatic amines is 1. The van der Waals surface area contributed by atoms with Crippen LogP contribution in [-0.2, 0) is 12.6 Å². The zero-order chi connectivity index (χ0) is 12.6. The first kappa shape index (κ1) is 11.6. The fourth-order valence-corrected chi connectivity index (χ4v) is 1.67. The number of halogens is 3. The van der Waals surface area contributed by atoms with E-state index in [0.29, 0.717) is 12.1 Å². The summed E-state index contributed by atoms with van der Waals surface area (Å²) in [4.78, 5) is 11.4. The molecule has 0 spiro atoms. The molecule has 1 heterocycles. The Morgan fingerprint density at radius 1 is 1.29 bits per heavy atom. The van der Waals surface area contributed by atoms with E-state index in [2.05, 4.69) is 10.2 Å². The minimum absolute atomic E-state index is 0.227. The van der Waals surface area contributed by atoms with E-state index in [-0.39, 0.29) is 10.8 Å². The SMILES string of the molecule is CCc1n[nH]c(=O)c2ccc(C(F)(F)F)cc12. The Kier molecular flexibility index (Phi) is 2.65. The van der Waals surface area contributed by atoms with Crippen molar-refractivity contribution in [3.05, 3.63) is 39.8 Å². The van der Waals surface area contributed by atoms with E-state index < -0.39 is 17.3 Å². The quantitative estimate of drug-likeness (QED) is 0.835. The van der Waals surface area contributed by atoms with Crippen molar-refractivity contribution in [3.63, 3.8) is 0 Å². The maximum atomic E-state index is 12.5. The molecule has 3 nitrogen and oxygen atoms in total. The highest BCUT2D eigenvalue weighted by Crippen LogP contribution is 2.31. The lowest BCUT2D eigenvalue weighted by molar-refractivity contribution is -0.137. The van der Waals surface area contributed by atoms with Crippen LogP contribution >= 0.6 is 0 Å². The van der Waals surface area contributed by atoms with Gasteiger partial charge in [-0.1, -0.05) is 6.92 Å². The second-order valence-electron chi connectivity index (χ2n) is 3.61. The first-order valence-corrected chi connectivity index (χ1v) is 5.02. The molecule has 2 aromatic rings. The number of fused-ring (bicyclic) bond motifs is 1. The van der Waals surface area contributed by atoms with E-state index in [4.69, 9.17) is 0 Å². The van der Waals surface area contributed by atoms with Gasteiger partial charge >= 0.3 is 6.18 Å². The number of benzene rings is 1. The van der Waals surface area contributed by atoms with Crippen molar-refractivity contribution in [2.24, 2.45) is 0 Å². The van der Waals surface area contributed by atoms with E-state index in [1.807, 2.05) is 0 Å². The monoisotopic (exact) mass is 242 g/mol. The highest BCUT2D eigenvalue weighted by atomic mass is 19.4. The normalized spacial score (nSPS) is 12.0. The zero-order valence-electron chi connectivity index (χ0n) is 8.93. The second kappa shape index (κ2) is 3.87. The molecular formula is C11H9F3N2O. The molecule has 0 aliphatic heterocycles. The Labute approximate surface area is 94.3 Å². The first-order chi connectivity index (χ1) is 7.93. The largest absolute Gasteiger partial charge is 0.416 e. The number of rotatable bonds is 1. The molecular weight excluding hydrogens is 233 g/mol. The van der Waals surface area contributed by atoms with Crippen molar-refractivity contribution in [2.45, 2.75) is 19.5 Å². The summed E-state index contributed by atoms with van der Waals surface area (Å²) in [7, 11) is 0. The van der Waals surface area contributed by atoms with Gasteiger partial charge in [0, 0.05) is 5.39 Å². The molecule has 0 amide bonds. The Hall–Kier alpha value is -1.85. The molecule has 0 fully saturated rings. The van der Waals surface area contributed by atoms with Crippen molar-refractivity contribution < 1.29 is 13.2 Å². The summed E-state index contributed by atoms with van der Waals surface area (Å²) < 4.78 is 37.6. The molecule has 0 atom stereocenters. The van der Waals surface area contributed by atoms with E-state index in [0.717, 1.165) is 12.1 Å². The molecule has 17 heavy (non-hydrogen) atoms. The summed E-state index contributed by atoms with van der Waals surface area (Å²) in [5.41, 5.74) is -0.802. The third-order valence-electron chi connectivity index (χ3n) is 2.53. The van der Waals surface area contributed by atoms with Gasteiger partial charge in [0.2, 0.25) is 0 Å². The van der Waals surface area contributed by atoms with Crippen molar-refractivity contribution >= 4 is 10.8 Å². The predicted molar refractivity (Wildman–Crippen MR) is 56.7 cm³/mol. The lowest BCUT2D eigenvalue weighted by Crippen LogP contribution is -2.12. The Bertz CT molecular complexity index is 616. The van der Waals surface area contributed by atoms with Gasteiger partial charge in [0.25, 0.3) is 5.56 Å². The van der Waals surface area contributed by atoms with Gasteiger partial charge < -0.3 is 0 Å². The third-order valence-corrected chi connectivity index (χ3v) is 2.53. The summed E-state index contributed by atoms with van der Waals surface area (Å²) in [5.74, 6) is 0. The van der Waals surface area contributed by atoms with Crippen LogP contribution in [0.5, 0.6) is 0 Å². The number of nitrogens with zero attached hydrogens (tertiary/aromatic N) is 1. The molecule has 0 unspecified atom stereocenters. The molecule has 1 aromatic heterocycles. The van der Waals surface area contributed by atoms with Crippen molar-refractivity contribution in [1.82, 2.24) is 10.2 Å². The van der Waals surface area contributed by atoms with Gasteiger partial charge in [-0.25, -0.2) is 5.10 Å². The van der Waals surface area contributed by atoms with Gasteiger partial charge in [0.15, 0.2) is 0 Å². The zero-order valence-corrected chi connectivity index (χ0v) is 8.93. The van der Waals surface area contributed by atoms with Crippen LogP contribution in [-0.4, -0.2) is 10.2 Å². The molecule has 0 saturated heterocycles. The average Bonchev–Trinajstić information content (AvgIpc) is 2.28. The molecule has 0 saturated carbocycles. The standard InChI is InChI=1S/C11H9F3N2O/c1-2-9-8-5-6(11(12,13)14)3-4-7(8)10(17)16-15-9/h3-5H,2H2,1H3,(H,16,17). The predicted octanol–water partition coefficient (Wildman–Crippen LogP) is 2.50. The number of hydrogen-bond donors (Lipinski definition) is 1. The van der Waals surface area contributed by atoms with Crippen LogP contribution < -0.4 is 5.56 Å². The molecule has 0 radical (unpaired) electrons. The second-order valence-corrected chi connectivity index (χ2v) is 3.61. The van der Waals surface area contributed by atoms with Crippen molar-refractivity contribution in [3.8, 4) is 0 Å². The lowest BCUT2D eigenvalue weighted by atomic mass is 10.1. The van der Waals surface area contributed by atoms with Gasteiger partial charge in [0.1, 0.15) is 0 Å². The van der Waals surface area contributed by atoms with Crippen LogP contribution in [0.1, 0.15) is 18.2 Å². The van der Waals surface area contributed by atoms with Crippen molar-refractivity contribution in [2.75, 3.05) is 0 Å². The summed E-state index contributed by atoms with van der Waals surface area (Å²) in [6, 6.07) is 3.05. The lowest BCUT2D eigenvalue weighted by Gasteiger charge is -2.08. The van der Waals surface area contributed by atoms with Crippen LogP contribution in [0.25, 0.3) is 10.8 Å². The molecule has 1 aromatic carbocycles. The molecule has 6 heteroatoms. The van der Waals surface area contributed by atoms with Gasteiger partial charge in [-0.15, -0.1) is 0 Å². The summed E-state index contributed by atoms with van der Waals surface area (Å²) in [6.45, 7) is 1.76. The van der Waals surface area contributed by atoms with E-state index >= 15 is 0 Å². The van der Waals surface area contributed by atoms with Gasteiger partial charge in [-0.3, -0.25) is 4.79 Å². The van der Waals surface area contributed by atoms with Crippen LogP contribution in [0.4, 0.5) is 13.2 Å². The highest BCUT2D eigenvalue weighted by Gasteiger charge is 2.30. The summed E-state index contributed by atoms with van der Waals surface area (Å²) in [5, 5.41) is 6.49. The number of H-pyrrole nitrogens is 1. The van der Waals surface area contributed by atoms with Crippen LogP contribution in [0.15, 0.2) is 23.0 Å². The Balaban J connectivity index is 2.80. The highest BCUT2D eigenvalue weighted by molar-refractivity contribution is 5.84. The molecule has 90 valence electrons. The molecule has 0 aliphatic rings. The summed E-state index contributed by atoms with van der Waals surface area (Å²) in [6.07, 6.45) is -3.96. The number of aryl methyl sites for hydroxylation is 1. The minimum atomic E-state index is -4.41. The summed E-state index contributed by atoms with van der Waals surface area (Å²) >= 11 is 0. The number of nitrogens with one attached hydrogen (secondary N) is 1. The molecule has 2 rings (SSSR count). The Morgan fingerprint density at radius 3 is 2.59 bits per heavy atom. The van der Waals surface area contributed by atoms with E-state index in [1.54, 1.807) is 6.92 Å². The maximum absolute atomic E-state index is 12.5. The van der Waals surface area contributed by atoms with Gasteiger partial charge in [-0.2, -0.15) is 18.3 Å². The third kappa shape index (κ3) is 2.02. The van der Waals surface area contributed by atoms with Crippen LogP contribution in [0.3, 0.4) is 0 Å². The number of alkyl halides is 3. The van der Waals surface area contributed by atoms with E-state index in [9.17, 15) is 18.0 Å².